The Morgan fingerprint density at radius 2 is 1.89 bits per heavy atom. The molecule has 6 nitrogen and oxygen atoms in total. The van der Waals surface area contributed by atoms with Crippen molar-refractivity contribution in [3.05, 3.63) is 70.2 Å². The van der Waals surface area contributed by atoms with Crippen LogP contribution in [-0.4, -0.2) is 16.8 Å². The Hall–Kier alpha value is -3.19. The van der Waals surface area contributed by atoms with Crippen molar-refractivity contribution >= 4 is 34.0 Å². The smallest absolute Gasteiger partial charge is 0.252 e. The van der Waals surface area contributed by atoms with Crippen LogP contribution in [0.2, 0.25) is 0 Å². The van der Waals surface area contributed by atoms with E-state index in [0.717, 1.165) is 16.8 Å². The fraction of sp³-hybridized carbons (Fsp3) is 0.190. The number of primary amides is 1. The van der Waals surface area contributed by atoms with Crippen LogP contribution in [0.5, 0.6) is 5.75 Å². The van der Waals surface area contributed by atoms with E-state index in [2.05, 4.69) is 4.98 Å². The third-order valence-electron chi connectivity index (χ3n) is 4.32. The van der Waals surface area contributed by atoms with Crippen LogP contribution in [0.4, 0.5) is 10.8 Å². The van der Waals surface area contributed by atoms with Crippen LogP contribution in [0, 0.1) is 13.8 Å². The first kappa shape index (κ1) is 19.6. The van der Waals surface area contributed by atoms with Gasteiger partial charge in [0.2, 0.25) is 5.91 Å². The lowest BCUT2D eigenvalue weighted by atomic mass is 10.1. The number of carbonyl (C=O) groups is 2. The third-order valence-corrected chi connectivity index (χ3v) is 5.20. The monoisotopic (exact) mass is 395 g/mol. The largest absolute Gasteiger partial charge is 0.486 e. The standard InChI is InChI=1S/C21H21N3O3S/c1-13-8-9-17(10-14(13)2)24(15(3)25)21-23-16(12-28-21)11-27-19-7-5-4-6-18(19)20(22)26/h4-10,12H,11H2,1-3H3,(H2,22,26). The number of carbonyl (C=O) groups excluding carboxylic acids is 2. The van der Waals surface area contributed by atoms with Gasteiger partial charge in [-0.15, -0.1) is 11.3 Å². The molecular weight excluding hydrogens is 374 g/mol. The highest BCUT2D eigenvalue weighted by atomic mass is 32.1. The Bertz CT molecular complexity index is 1030. The van der Waals surface area contributed by atoms with Crippen molar-refractivity contribution in [2.24, 2.45) is 5.73 Å². The van der Waals surface area contributed by atoms with Gasteiger partial charge in [0.25, 0.3) is 5.91 Å². The molecule has 144 valence electrons. The number of nitrogens with zero attached hydrogens (tertiary/aromatic N) is 2. The summed E-state index contributed by atoms with van der Waals surface area (Å²) in [5, 5.41) is 2.40. The van der Waals surface area contributed by atoms with Gasteiger partial charge in [0.15, 0.2) is 5.13 Å². The van der Waals surface area contributed by atoms with Gasteiger partial charge in [-0.25, -0.2) is 4.98 Å². The van der Waals surface area contributed by atoms with Gasteiger partial charge >= 0.3 is 0 Å². The molecule has 0 fully saturated rings. The first-order valence-electron chi connectivity index (χ1n) is 8.71. The summed E-state index contributed by atoms with van der Waals surface area (Å²) < 4.78 is 5.72. The van der Waals surface area contributed by atoms with Crippen molar-refractivity contribution in [2.45, 2.75) is 27.4 Å². The van der Waals surface area contributed by atoms with Crippen LogP contribution >= 0.6 is 11.3 Å². The quantitative estimate of drug-likeness (QED) is 0.680. The van der Waals surface area contributed by atoms with E-state index < -0.39 is 5.91 Å². The minimum absolute atomic E-state index is 0.121. The molecule has 2 N–H and O–H groups in total. The highest BCUT2D eigenvalue weighted by molar-refractivity contribution is 7.14. The van der Waals surface area contributed by atoms with E-state index in [9.17, 15) is 9.59 Å². The zero-order valence-corrected chi connectivity index (χ0v) is 16.7. The average molecular weight is 395 g/mol. The molecule has 3 rings (SSSR count). The van der Waals surface area contributed by atoms with Crippen molar-refractivity contribution in [1.29, 1.82) is 0 Å². The predicted molar refractivity (Wildman–Crippen MR) is 110 cm³/mol. The van der Waals surface area contributed by atoms with Crippen molar-refractivity contribution < 1.29 is 14.3 Å². The maximum absolute atomic E-state index is 12.3. The number of aromatic nitrogens is 1. The van der Waals surface area contributed by atoms with Gasteiger partial charge in [-0.1, -0.05) is 18.2 Å². The summed E-state index contributed by atoms with van der Waals surface area (Å²) in [7, 11) is 0. The number of benzene rings is 2. The Kier molecular flexibility index (Phi) is 5.75. The lowest BCUT2D eigenvalue weighted by molar-refractivity contribution is -0.115. The first-order valence-corrected chi connectivity index (χ1v) is 9.58. The molecule has 3 aromatic rings. The molecule has 0 aliphatic rings. The zero-order valence-electron chi connectivity index (χ0n) is 15.9. The predicted octanol–water partition coefficient (Wildman–Crippen LogP) is 4.12. The average Bonchev–Trinajstić information content (AvgIpc) is 3.11. The number of rotatable bonds is 6. The van der Waals surface area contributed by atoms with E-state index in [1.165, 1.54) is 18.3 Å². The van der Waals surface area contributed by atoms with Gasteiger partial charge in [0.1, 0.15) is 12.4 Å². The number of anilines is 2. The molecule has 1 aromatic heterocycles. The van der Waals surface area contributed by atoms with Crippen LogP contribution in [0.1, 0.15) is 34.1 Å². The fourth-order valence-corrected chi connectivity index (χ4v) is 3.58. The zero-order chi connectivity index (χ0) is 20.3. The second kappa shape index (κ2) is 8.22. The van der Waals surface area contributed by atoms with Gasteiger partial charge in [-0.05, 0) is 49.2 Å². The number of para-hydroxylation sites is 1. The molecule has 2 aromatic carbocycles. The van der Waals surface area contributed by atoms with E-state index in [1.54, 1.807) is 29.2 Å². The second-order valence-electron chi connectivity index (χ2n) is 6.39. The number of nitrogens with two attached hydrogens (primary N) is 1. The van der Waals surface area contributed by atoms with Crippen LogP contribution in [0.3, 0.4) is 0 Å². The van der Waals surface area contributed by atoms with Gasteiger partial charge in [-0.3, -0.25) is 14.5 Å². The van der Waals surface area contributed by atoms with Gasteiger partial charge in [-0.2, -0.15) is 0 Å². The summed E-state index contributed by atoms with van der Waals surface area (Å²) in [6.45, 7) is 5.71. The normalized spacial score (nSPS) is 10.5. The molecule has 1 heterocycles. The van der Waals surface area contributed by atoms with Crippen molar-refractivity contribution in [2.75, 3.05) is 4.90 Å². The molecule has 0 spiro atoms. The minimum atomic E-state index is -0.549. The van der Waals surface area contributed by atoms with Gasteiger partial charge in [0.05, 0.1) is 16.9 Å². The molecule has 0 saturated heterocycles. The highest BCUT2D eigenvalue weighted by Crippen LogP contribution is 2.30. The summed E-state index contributed by atoms with van der Waals surface area (Å²) in [5.74, 6) is -0.265. The van der Waals surface area contributed by atoms with Gasteiger partial charge in [0, 0.05) is 12.3 Å². The Morgan fingerprint density at radius 1 is 1.14 bits per heavy atom. The number of thiazole rings is 1. The molecule has 28 heavy (non-hydrogen) atoms. The van der Waals surface area contributed by atoms with Crippen LogP contribution in [0.25, 0.3) is 0 Å². The van der Waals surface area contributed by atoms with E-state index in [0.29, 0.717) is 22.1 Å². The maximum atomic E-state index is 12.3. The number of hydrogen-bond acceptors (Lipinski definition) is 5. The van der Waals surface area contributed by atoms with E-state index in [4.69, 9.17) is 10.5 Å². The van der Waals surface area contributed by atoms with Crippen molar-refractivity contribution in [3.63, 3.8) is 0 Å². The van der Waals surface area contributed by atoms with Crippen molar-refractivity contribution in [3.8, 4) is 5.75 Å². The maximum Gasteiger partial charge on any atom is 0.252 e. The molecule has 0 saturated carbocycles. The summed E-state index contributed by atoms with van der Waals surface area (Å²) in [6.07, 6.45) is 0. The summed E-state index contributed by atoms with van der Waals surface area (Å²) in [5.41, 5.74) is 9.39. The molecule has 2 amide bonds. The van der Waals surface area contributed by atoms with E-state index >= 15 is 0 Å². The molecule has 0 aliphatic heterocycles. The van der Waals surface area contributed by atoms with Gasteiger partial charge < -0.3 is 10.5 Å². The fourth-order valence-electron chi connectivity index (χ4n) is 2.70. The van der Waals surface area contributed by atoms with E-state index in [-0.39, 0.29) is 12.5 Å². The van der Waals surface area contributed by atoms with E-state index in [1.807, 2.05) is 37.4 Å². The Morgan fingerprint density at radius 3 is 2.57 bits per heavy atom. The highest BCUT2D eigenvalue weighted by Gasteiger charge is 2.19. The molecule has 0 bridgehead atoms. The summed E-state index contributed by atoms with van der Waals surface area (Å²) >= 11 is 1.36. The molecule has 0 aliphatic carbocycles. The van der Waals surface area contributed by atoms with Crippen LogP contribution in [0.15, 0.2) is 47.8 Å². The summed E-state index contributed by atoms with van der Waals surface area (Å²) in [4.78, 5) is 29.9. The summed E-state index contributed by atoms with van der Waals surface area (Å²) in [6, 6.07) is 12.7. The molecule has 7 heteroatoms. The Balaban J connectivity index is 1.81. The second-order valence-corrected chi connectivity index (χ2v) is 7.23. The number of hydrogen-bond donors (Lipinski definition) is 1. The number of amides is 2. The topological polar surface area (TPSA) is 85.5 Å². The Labute approximate surface area is 167 Å². The molecule has 0 unspecified atom stereocenters. The lowest BCUT2D eigenvalue weighted by Gasteiger charge is -2.19. The lowest BCUT2D eigenvalue weighted by Crippen LogP contribution is -2.22. The van der Waals surface area contributed by atoms with Crippen molar-refractivity contribution in [1.82, 2.24) is 4.98 Å². The number of aryl methyl sites for hydroxylation is 2. The third kappa shape index (κ3) is 4.20. The molecule has 0 atom stereocenters. The van der Waals surface area contributed by atoms with Crippen LogP contribution < -0.4 is 15.4 Å². The minimum Gasteiger partial charge on any atom is -0.486 e. The molecular formula is C21H21N3O3S. The SMILES string of the molecule is CC(=O)N(c1ccc(C)c(C)c1)c1nc(COc2ccccc2C(N)=O)cs1. The number of ether oxygens (including phenoxy) is 1. The first-order chi connectivity index (χ1) is 13.4. The van der Waals surface area contributed by atoms with Crippen LogP contribution in [-0.2, 0) is 11.4 Å². The molecule has 0 radical (unpaired) electrons.